The highest BCUT2D eigenvalue weighted by Crippen LogP contribution is 2.59. The van der Waals surface area contributed by atoms with E-state index in [1.54, 1.807) is 11.9 Å². The number of benzene rings is 1. The molecule has 0 bridgehead atoms. The standard InChI is InChI=1S/C19H21N3O2/c1-3-16(23)21(2)9-17(24)22-13-18(14-22)10-19(11-18,12-20)15-7-5-4-6-8-15/h3-8H,1,9-11,13-14H2,2H3. The molecule has 0 atom stereocenters. The van der Waals surface area contributed by atoms with E-state index in [9.17, 15) is 14.9 Å². The Hall–Kier alpha value is -2.61. The van der Waals surface area contributed by atoms with Crippen LogP contribution in [0, 0.1) is 16.7 Å². The second-order valence-electron chi connectivity index (χ2n) is 7.06. The van der Waals surface area contributed by atoms with E-state index in [1.807, 2.05) is 30.3 Å². The minimum atomic E-state index is -0.411. The summed E-state index contributed by atoms with van der Waals surface area (Å²) in [5.74, 6) is -0.303. The van der Waals surface area contributed by atoms with Crippen molar-refractivity contribution < 1.29 is 9.59 Å². The molecular weight excluding hydrogens is 302 g/mol. The van der Waals surface area contributed by atoms with Gasteiger partial charge in [0.1, 0.15) is 0 Å². The van der Waals surface area contributed by atoms with Crippen LogP contribution in [0.4, 0.5) is 0 Å². The first-order valence-corrected chi connectivity index (χ1v) is 8.06. The number of rotatable bonds is 4. The zero-order chi connectivity index (χ0) is 17.4. The summed E-state index contributed by atoms with van der Waals surface area (Å²) in [4.78, 5) is 26.8. The summed E-state index contributed by atoms with van der Waals surface area (Å²) >= 11 is 0. The van der Waals surface area contributed by atoms with Gasteiger partial charge < -0.3 is 9.80 Å². The Morgan fingerprint density at radius 1 is 1.33 bits per heavy atom. The van der Waals surface area contributed by atoms with Gasteiger partial charge in [0.15, 0.2) is 0 Å². The number of nitriles is 1. The molecule has 3 rings (SSSR count). The van der Waals surface area contributed by atoms with Gasteiger partial charge in [0.25, 0.3) is 0 Å². The van der Waals surface area contributed by atoms with Gasteiger partial charge in [0.05, 0.1) is 18.0 Å². The zero-order valence-corrected chi connectivity index (χ0v) is 13.9. The average molecular weight is 323 g/mol. The molecule has 5 heteroatoms. The third-order valence-corrected chi connectivity index (χ3v) is 5.22. The minimum Gasteiger partial charge on any atom is -0.340 e. The van der Waals surface area contributed by atoms with Crippen molar-refractivity contribution in [3.05, 3.63) is 48.6 Å². The summed E-state index contributed by atoms with van der Waals surface area (Å²) in [6, 6.07) is 12.4. The Bertz CT molecular complexity index is 706. The fourth-order valence-electron chi connectivity index (χ4n) is 4.03. The van der Waals surface area contributed by atoms with Gasteiger partial charge >= 0.3 is 0 Å². The molecule has 124 valence electrons. The highest BCUT2D eigenvalue weighted by molar-refractivity contribution is 5.90. The van der Waals surface area contributed by atoms with Crippen LogP contribution in [0.2, 0.25) is 0 Å². The van der Waals surface area contributed by atoms with Crippen molar-refractivity contribution in [3.8, 4) is 6.07 Å². The molecule has 0 radical (unpaired) electrons. The van der Waals surface area contributed by atoms with E-state index in [1.165, 1.54) is 11.0 Å². The lowest BCUT2D eigenvalue weighted by Gasteiger charge is -2.62. The van der Waals surface area contributed by atoms with Gasteiger partial charge in [-0.2, -0.15) is 5.26 Å². The lowest BCUT2D eigenvalue weighted by molar-refractivity contribution is -0.157. The molecule has 0 aromatic heterocycles. The molecule has 1 aliphatic carbocycles. The predicted octanol–water partition coefficient (Wildman–Crippen LogP) is 1.71. The second-order valence-corrected chi connectivity index (χ2v) is 7.06. The normalized spacial score (nSPS) is 19.6. The highest BCUT2D eigenvalue weighted by atomic mass is 16.2. The van der Waals surface area contributed by atoms with E-state index < -0.39 is 5.41 Å². The van der Waals surface area contributed by atoms with E-state index in [-0.39, 0.29) is 23.8 Å². The summed E-state index contributed by atoms with van der Waals surface area (Å²) < 4.78 is 0. The van der Waals surface area contributed by atoms with Crippen molar-refractivity contribution in [1.29, 1.82) is 5.26 Å². The Morgan fingerprint density at radius 2 is 1.96 bits per heavy atom. The maximum absolute atomic E-state index is 12.2. The maximum Gasteiger partial charge on any atom is 0.246 e. The Morgan fingerprint density at radius 3 is 2.50 bits per heavy atom. The van der Waals surface area contributed by atoms with Crippen molar-refractivity contribution >= 4 is 11.8 Å². The van der Waals surface area contributed by atoms with E-state index in [0.29, 0.717) is 13.1 Å². The summed E-state index contributed by atoms with van der Waals surface area (Å²) in [5, 5.41) is 9.64. The summed E-state index contributed by atoms with van der Waals surface area (Å²) in [6.45, 7) is 4.85. The first-order valence-electron chi connectivity index (χ1n) is 8.06. The predicted molar refractivity (Wildman–Crippen MR) is 89.8 cm³/mol. The summed E-state index contributed by atoms with van der Waals surface area (Å²) in [6.07, 6.45) is 2.80. The topological polar surface area (TPSA) is 64.4 Å². The quantitative estimate of drug-likeness (QED) is 0.793. The van der Waals surface area contributed by atoms with Crippen LogP contribution < -0.4 is 0 Å². The van der Waals surface area contributed by atoms with Gasteiger partial charge in [-0.1, -0.05) is 36.9 Å². The van der Waals surface area contributed by atoms with Crippen molar-refractivity contribution in [2.24, 2.45) is 5.41 Å². The SMILES string of the molecule is C=CC(=O)N(C)CC(=O)N1CC2(C1)CC(C#N)(c1ccccc1)C2. The molecule has 1 saturated carbocycles. The molecule has 1 aromatic rings. The first-order chi connectivity index (χ1) is 11.4. The molecule has 0 N–H and O–H groups in total. The van der Waals surface area contributed by atoms with E-state index in [4.69, 9.17) is 0 Å². The molecule has 1 aromatic carbocycles. The number of hydrogen-bond donors (Lipinski definition) is 0. The maximum atomic E-state index is 12.2. The molecule has 1 aliphatic heterocycles. The molecule has 2 aliphatic rings. The Kier molecular flexibility index (Phi) is 3.92. The van der Waals surface area contributed by atoms with Crippen LogP contribution >= 0.6 is 0 Å². The van der Waals surface area contributed by atoms with E-state index >= 15 is 0 Å². The number of nitrogens with zero attached hydrogens (tertiary/aromatic N) is 3. The molecular formula is C19H21N3O2. The number of amides is 2. The van der Waals surface area contributed by atoms with Crippen molar-refractivity contribution in [1.82, 2.24) is 9.80 Å². The first kappa shape index (κ1) is 16.3. The van der Waals surface area contributed by atoms with Gasteiger partial charge in [-0.3, -0.25) is 9.59 Å². The monoisotopic (exact) mass is 323 g/mol. The van der Waals surface area contributed by atoms with Gasteiger partial charge in [0.2, 0.25) is 11.8 Å². The van der Waals surface area contributed by atoms with Crippen molar-refractivity contribution in [2.75, 3.05) is 26.7 Å². The number of likely N-dealkylation sites (tertiary alicyclic amines) is 1. The van der Waals surface area contributed by atoms with E-state index in [0.717, 1.165) is 18.4 Å². The molecule has 5 nitrogen and oxygen atoms in total. The molecule has 1 spiro atoms. The highest BCUT2D eigenvalue weighted by Gasteiger charge is 2.61. The minimum absolute atomic E-state index is 0.0486. The van der Waals surface area contributed by atoms with Crippen molar-refractivity contribution in [3.63, 3.8) is 0 Å². The molecule has 1 saturated heterocycles. The number of carbonyl (C=O) groups excluding carboxylic acids is 2. The lowest BCUT2D eigenvalue weighted by Crippen LogP contribution is -2.68. The Labute approximate surface area is 142 Å². The molecule has 1 heterocycles. The van der Waals surface area contributed by atoms with Crippen LogP contribution in [0.3, 0.4) is 0 Å². The smallest absolute Gasteiger partial charge is 0.246 e. The molecule has 24 heavy (non-hydrogen) atoms. The van der Waals surface area contributed by atoms with Gasteiger partial charge in [-0.15, -0.1) is 0 Å². The lowest BCUT2D eigenvalue weighted by atomic mass is 9.48. The van der Waals surface area contributed by atoms with Crippen LogP contribution in [0.25, 0.3) is 0 Å². The number of hydrogen-bond acceptors (Lipinski definition) is 3. The van der Waals surface area contributed by atoms with E-state index in [2.05, 4.69) is 12.6 Å². The second kappa shape index (κ2) is 5.79. The van der Waals surface area contributed by atoms with Gasteiger partial charge in [-0.25, -0.2) is 0 Å². The molecule has 2 amide bonds. The third kappa shape index (κ3) is 2.58. The number of likely N-dealkylation sites (N-methyl/N-ethyl adjacent to an activating group) is 1. The summed E-state index contributed by atoms with van der Waals surface area (Å²) in [5.41, 5.74) is 0.730. The fraction of sp³-hybridized carbons (Fsp3) is 0.421. The van der Waals surface area contributed by atoms with Crippen LogP contribution in [0.15, 0.2) is 43.0 Å². The zero-order valence-electron chi connectivity index (χ0n) is 13.9. The van der Waals surface area contributed by atoms with Crippen LogP contribution in [-0.4, -0.2) is 48.3 Å². The molecule has 0 unspecified atom stereocenters. The third-order valence-electron chi connectivity index (χ3n) is 5.22. The van der Waals surface area contributed by atoms with Gasteiger partial charge in [0, 0.05) is 25.6 Å². The van der Waals surface area contributed by atoms with Gasteiger partial charge in [-0.05, 0) is 24.5 Å². The summed E-state index contributed by atoms with van der Waals surface area (Å²) in [7, 11) is 1.59. The Balaban J connectivity index is 1.56. The molecule has 2 fully saturated rings. The van der Waals surface area contributed by atoms with Crippen molar-refractivity contribution in [2.45, 2.75) is 18.3 Å². The fourth-order valence-corrected chi connectivity index (χ4v) is 4.03. The average Bonchev–Trinajstić information content (AvgIpc) is 2.53. The largest absolute Gasteiger partial charge is 0.340 e. The van der Waals surface area contributed by atoms with Crippen LogP contribution in [0.5, 0.6) is 0 Å². The van der Waals surface area contributed by atoms with Crippen LogP contribution in [0.1, 0.15) is 18.4 Å². The number of carbonyl (C=O) groups is 2. The van der Waals surface area contributed by atoms with Crippen LogP contribution in [-0.2, 0) is 15.0 Å².